The van der Waals surface area contributed by atoms with Crippen LogP contribution in [-0.2, 0) is 0 Å². The lowest BCUT2D eigenvalue weighted by atomic mass is 9.77. The first-order chi connectivity index (χ1) is 14.2. The molecule has 0 aliphatic heterocycles. The highest BCUT2D eigenvalue weighted by atomic mass is 16.5. The molecule has 1 aliphatic carbocycles. The molecule has 0 radical (unpaired) electrons. The normalized spacial score (nSPS) is 18.4. The summed E-state index contributed by atoms with van der Waals surface area (Å²) in [6.45, 7) is 4.80. The van der Waals surface area contributed by atoms with E-state index in [1.807, 2.05) is 19.1 Å². The molecule has 0 aromatic heterocycles. The van der Waals surface area contributed by atoms with Crippen molar-refractivity contribution in [2.24, 2.45) is 5.92 Å². The fourth-order valence-corrected chi connectivity index (χ4v) is 4.24. The van der Waals surface area contributed by atoms with Crippen LogP contribution in [0.2, 0.25) is 0 Å². The first-order valence-corrected chi connectivity index (χ1v) is 11.0. The topological polar surface area (TPSA) is 33.0 Å². The Morgan fingerprint density at radius 1 is 0.931 bits per heavy atom. The van der Waals surface area contributed by atoms with Crippen LogP contribution in [0.3, 0.4) is 0 Å². The van der Waals surface area contributed by atoms with Gasteiger partial charge in [0.05, 0.1) is 12.2 Å². The van der Waals surface area contributed by atoms with Crippen LogP contribution >= 0.6 is 0 Å². The van der Waals surface area contributed by atoms with Gasteiger partial charge in [-0.05, 0) is 80.3 Å². The second kappa shape index (κ2) is 10.7. The summed E-state index contributed by atoms with van der Waals surface area (Å²) in [5.41, 5.74) is 3.73. The Morgan fingerprint density at radius 2 is 1.69 bits per heavy atom. The van der Waals surface area contributed by atoms with E-state index in [9.17, 15) is 5.26 Å². The van der Waals surface area contributed by atoms with Crippen molar-refractivity contribution in [1.82, 2.24) is 0 Å². The molecule has 0 spiro atoms. The number of rotatable bonds is 6. The Labute approximate surface area is 175 Å². The first-order valence-electron chi connectivity index (χ1n) is 11.0. The predicted molar refractivity (Wildman–Crippen MR) is 119 cm³/mol. The number of unbranched alkanes of at least 4 members (excludes halogenated alkanes) is 1. The van der Waals surface area contributed by atoms with Crippen molar-refractivity contribution in [1.29, 1.82) is 5.26 Å². The first kappa shape index (κ1) is 21.0. The average molecular weight is 386 g/mol. The Morgan fingerprint density at radius 3 is 2.34 bits per heavy atom. The molecular formula is C27H31NO. The van der Waals surface area contributed by atoms with Crippen LogP contribution in [0.5, 0.6) is 5.75 Å². The van der Waals surface area contributed by atoms with Gasteiger partial charge < -0.3 is 4.74 Å². The summed E-state index contributed by atoms with van der Waals surface area (Å²) in [6, 6.07) is 16.4. The monoisotopic (exact) mass is 385 g/mol. The van der Waals surface area contributed by atoms with Gasteiger partial charge in [0.25, 0.3) is 0 Å². The summed E-state index contributed by atoms with van der Waals surface area (Å²) >= 11 is 0. The van der Waals surface area contributed by atoms with Crippen LogP contribution in [0.1, 0.15) is 87.0 Å². The van der Waals surface area contributed by atoms with E-state index in [-0.39, 0.29) is 0 Å². The van der Waals surface area contributed by atoms with Gasteiger partial charge in [0.2, 0.25) is 0 Å². The zero-order valence-electron chi connectivity index (χ0n) is 17.7. The smallest absolute Gasteiger partial charge is 0.120 e. The van der Waals surface area contributed by atoms with Gasteiger partial charge in [-0.25, -0.2) is 0 Å². The SMILES string of the molecule is CCCCC1CCC(c2ccc(C#Cc3ccc(OCC)cc3C#N)cc2)CC1. The largest absolute Gasteiger partial charge is 0.494 e. The molecule has 0 N–H and O–H groups in total. The number of hydrogen-bond acceptors (Lipinski definition) is 2. The van der Waals surface area contributed by atoms with E-state index >= 15 is 0 Å². The van der Waals surface area contributed by atoms with Gasteiger partial charge >= 0.3 is 0 Å². The molecular weight excluding hydrogens is 354 g/mol. The zero-order valence-corrected chi connectivity index (χ0v) is 17.7. The van der Waals surface area contributed by atoms with Crippen molar-refractivity contribution in [2.45, 2.75) is 64.7 Å². The van der Waals surface area contributed by atoms with Crippen molar-refractivity contribution in [2.75, 3.05) is 6.61 Å². The van der Waals surface area contributed by atoms with Crippen LogP contribution in [0.4, 0.5) is 0 Å². The molecule has 3 rings (SSSR count). The molecule has 2 aromatic carbocycles. The van der Waals surface area contributed by atoms with Crippen molar-refractivity contribution in [3.05, 3.63) is 64.7 Å². The van der Waals surface area contributed by atoms with Gasteiger partial charge in [0, 0.05) is 11.1 Å². The lowest BCUT2D eigenvalue weighted by Gasteiger charge is -2.28. The third-order valence-electron chi connectivity index (χ3n) is 5.96. The van der Waals surface area contributed by atoms with Crippen molar-refractivity contribution < 1.29 is 4.74 Å². The van der Waals surface area contributed by atoms with E-state index in [4.69, 9.17) is 4.74 Å². The Hall–Kier alpha value is -2.71. The standard InChI is InChI=1S/C27H31NO/c1-3-5-6-21-7-12-23(13-8-21)24-14-9-22(10-15-24)11-16-25-17-18-27(29-4-2)19-26(25)20-28/h9-10,14-15,17-19,21,23H,3-8,12-13H2,1-2H3. The summed E-state index contributed by atoms with van der Waals surface area (Å²) in [6.07, 6.45) is 9.49. The van der Waals surface area contributed by atoms with Crippen LogP contribution in [0.15, 0.2) is 42.5 Å². The molecule has 1 fully saturated rings. The Bertz CT molecular complexity index is 887. The lowest BCUT2D eigenvalue weighted by molar-refractivity contribution is 0.304. The second-order valence-corrected chi connectivity index (χ2v) is 7.98. The van der Waals surface area contributed by atoms with Gasteiger partial charge in [0.15, 0.2) is 0 Å². The highest BCUT2D eigenvalue weighted by molar-refractivity contribution is 5.53. The van der Waals surface area contributed by atoms with Crippen LogP contribution in [0, 0.1) is 29.1 Å². The maximum absolute atomic E-state index is 9.38. The molecule has 0 atom stereocenters. The van der Waals surface area contributed by atoms with Crippen LogP contribution in [-0.4, -0.2) is 6.61 Å². The van der Waals surface area contributed by atoms with Crippen molar-refractivity contribution in [3.8, 4) is 23.7 Å². The number of hydrogen-bond donors (Lipinski definition) is 0. The molecule has 1 aliphatic rings. The molecule has 0 saturated heterocycles. The van der Waals surface area contributed by atoms with Crippen molar-refractivity contribution >= 4 is 0 Å². The van der Waals surface area contributed by atoms with Crippen molar-refractivity contribution in [3.63, 3.8) is 0 Å². The average Bonchev–Trinajstić information content (AvgIpc) is 2.77. The molecule has 2 heteroatoms. The lowest BCUT2D eigenvalue weighted by Crippen LogP contribution is -2.13. The maximum atomic E-state index is 9.38. The van der Waals surface area contributed by atoms with E-state index in [0.717, 1.165) is 17.0 Å². The number of benzene rings is 2. The molecule has 0 heterocycles. The number of ether oxygens (including phenoxy) is 1. The molecule has 150 valence electrons. The molecule has 1 saturated carbocycles. The minimum Gasteiger partial charge on any atom is -0.494 e. The van der Waals surface area contributed by atoms with Gasteiger partial charge in [-0.2, -0.15) is 5.26 Å². The third kappa shape index (κ3) is 5.88. The summed E-state index contributed by atoms with van der Waals surface area (Å²) in [7, 11) is 0. The Kier molecular flexibility index (Phi) is 7.77. The molecule has 0 unspecified atom stereocenters. The number of nitriles is 1. The quantitative estimate of drug-likeness (QED) is 0.511. The highest BCUT2D eigenvalue weighted by Gasteiger charge is 2.21. The minimum absolute atomic E-state index is 0.555. The van der Waals surface area contributed by atoms with E-state index in [1.165, 1.54) is 50.5 Å². The summed E-state index contributed by atoms with van der Waals surface area (Å²) in [5.74, 6) is 8.71. The molecule has 29 heavy (non-hydrogen) atoms. The maximum Gasteiger partial charge on any atom is 0.120 e. The number of nitrogens with zero attached hydrogens (tertiary/aromatic N) is 1. The molecule has 0 bridgehead atoms. The molecule has 2 aromatic rings. The van der Waals surface area contributed by atoms with Crippen LogP contribution in [0.25, 0.3) is 0 Å². The van der Waals surface area contributed by atoms with E-state index in [0.29, 0.717) is 23.8 Å². The fraction of sp³-hybridized carbons (Fsp3) is 0.444. The van der Waals surface area contributed by atoms with Crippen LogP contribution < -0.4 is 4.74 Å². The summed E-state index contributed by atoms with van der Waals surface area (Å²) in [5, 5.41) is 9.38. The van der Waals surface area contributed by atoms with Gasteiger partial charge in [-0.15, -0.1) is 0 Å². The van der Waals surface area contributed by atoms with Gasteiger partial charge in [0.1, 0.15) is 11.8 Å². The van der Waals surface area contributed by atoms with Gasteiger partial charge in [-0.1, -0.05) is 50.2 Å². The van der Waals surface area contributed by atoms with E-state index in [2.05, 4.69) is 49.1 Å². The van der Waals surface area contributed by atoms with E-state index < -0.39 is 0 Å². The molecule has 2 nitrogen and oxygen atoms in total. The highest BCUT2D eigenvalue weighted by Crippen LogP contribution is 2.37. The Balaban J connectivity index is 1.63. The summed E-state index contributed by atoms with van der Waals surface area (Å²) in [4.78, 5) is 0. The zero-order chi connectivity index (χ0) is 20.5. The van der Waals surface area contributed by atoms with E-state index in [1.54, 1.807) is 6.07 Å². The predicted octanol–water partition coefficient (Wildman–Crippen LogP) is 6.82. The summed E-state index contributed by atoms with van der Waals surface area (Å²) < 4.78 is 5.46. The fourth-order valence-electron chi connectivity index (χ4n) is 4.24. The molecule has 0 amide bonds. The van der Waals surface area contributed by atoms with Gasteiger partial charge in [-0.3, -0.25) is 0 Å². The third-order valence-corrected chi connectivity index (χ3v) is 5.96. The minimum atomic E-state index is 0.555. The second-order valence-electron chi connectivity index (χ2n) is 7.98.